The van der Waals surface area contributed by atoms with Crippen LogP contribution in [0.5, 0.6) is 5.75 Å². The second-order valence-corrected chi connectivity index (χ2v) is 9.21. The Morgan fingerprint density at radius 3 is 2.34 bits per heavy atom. The minimum Gasteiger partial charge on any atom is -0.484 e. The first-order chi connectivity index (χ1) is 16.9. The van der Waals surface area contributed by atoms with Crippen LogP contribution in [0.2, 0.25) is 5.02 Å². The number of carbonyl (C=O) groups excluding carboxylic acids is 2. The van der Waals surface area contributed by atoms with Gasteiger partial charge in [-0.1, -0.05) is 73.1 Å². The Morgan fingerprint density at radius 2 is 1.69 bits per heavy atom. The molecule has 0 heterocycles. The van der Waals surface area contributed by atoms with E-state index in [4.69, 9.17) is 16.3 Å². The fraction of sp³-hybridized carbons (Fsp3) is 0.310. The van der Waals surface area contributed by atoms with Crippen molar-refractivity contribution in [2.24, 2.45) is 0 Å². The Morgan fingerprint density at radius 1 is 0.971 bits per heavy atom. The summed E-state index contributed by atoms with van der Waals surface area (Å²) in [4.78, 5) is 28.6. The van der Waals surface area contributed by atoms with Crippen molar-refractivity contribution >= 4 is 23.4 Å². The van der Waals surface area contributed by atoms with Crippen LogP contribution in [0.4, 0.5) is 0 Å². The molecule has 3 aromatic rings. The summed E-state index contributed by atoms with van der Waals surface area (Å²) in [5.41, 5.74) is 2.90. The number of hydrogen-bond donors (Lipinski definition) is 1. The van der Waals surface area contributed by atoms with E-state index in [1.54, 1.807) is 17.0 Å². The van der Waals surface area contributed by atoms with Gasteiger partial charge in [0, 0.05) is 24.0 Å². The van der Waals surface area contributed by atoms with Crippen LogP contribution >= 0.6 is 11.6 Å². The van der Waals surface area contributed by atoms with Gasteiger partial charge in [-0.2, -0.15) is 0 Å². The van der Waals surface area contributed by atoms with Crippen LogP contribution in [0.25, 0.3) is 0 Å². The van der Waals surface area contributed by atoms with Crippen molar-refractivity contribution in [1.82, 2.24) is 10.2 Å². The summed E-state index contributed by atoms with van der Waals surface area (Å²) in [6.07, 6.45) is 1.19. The lowest BCUT2D eigenvalue weighted by atomic mass is 10.0. The summed E-state index contributed by atoms with van der Waals surface area (Å²) in [5, 5.41) is 3.68. The number of rotatable bonds is 11. The number of ether oxygens (including phenoxy) is 1. The van der Waals surface area contributed by atoms with E-state index in [0.717, 1.165) is 23.1 Å². The molecule has 6 heteroatoms. The molecule has 5 nitrogen and oxygen atoms in total. The van der Waals surface area contributed by atoms with E-state index in [2.05, 4.69) is 5.32 Å². The van der Waals surface area contributed by atoms with Crippen molar-refractivity contribution in [3.05, 3.63) is 101 Å². The van der Waals surface area contributed by atoms with Crippen LogP contribution in [0, 0.1) is 6.92 Å². The first-order valence-corrected chi connectivity index (χ1v) is 12.3. The lowest BCUT2D eigenvalue weighted by Gasteiger charge is -2.32. The van der Waals surface area contributed by atoms with Crippen LogP contribution in [0.15, 0.2) is 78.9 Å². The van der Waals surface area contributed by atoms with Crippen LogP contribution in [0.3, 0.4) is 0 Å². The number of amides is 2. The van der Waals surface area contributed by atoms with Crippen molar-refractivity contribution in [2.75, 3.05) is 6.61 Å². The van der Waals surface area contributed by atoms with Gasteiger partial charge in [0.15, 0.2) is 6.61 Å². The number of nitrogens with one attached hydrogen (secondary N) is 1. The van der Waals surface area contributed by atoms with Crippen molar-refractivity contribution in [2.45, 2.75) is 52.2 Å². The smallest absolute Gasteiger partial charge is 0.261 e. The molecule has 35 heavy (non-hydrogen) atoms. The predicted molar refractivity (Wildman–Crippen MR) is 141 cm³/mol. The lowest BCUT2D eigenvalue weighted by molar-refractivity contribution is -0.143. The normalized spacial score (nSPS) is 12.5. The highest BCUT2D eigenvalue weighted by Gasteiger charge is 2.31. The van der Waals surface area contributed by atoms with Gasteiger partial charge in [-0.3, -0.25) is 9.59 Å². The van der Waals surface area contributed by atoms with Crippen LogP contribution in [-0.4, -0.2) is 35.4 Å². The number of hydrogen-bond acceptors (Lipinski definition) is 3. The second kappa shape index (κ2) is 13.0. The minimum atomic E-state index is -0.698. The molecular weight excluding hydrogens is 460 g/mol. The minimum absolute atomic E-state index is 0.00296. The molecule has 1 N–H and O–H groups in total. The molecule has 0 fully saturated rings. The van der Waals surface area contributed by atoms with E-state index < -0.39 is 6.04 Å². The Hall–Kier alpha value is -3.31. The lowest BCUT2D eigenvalue weighted by Crippen LogP contribution is -2.53. The largest absolute Gasteiger partial charge is 0.484 e. The van der Waals surface area contributed by atoms with Crippen molar-refractivity contribution in [3.8, 4) is 5.75 Å². The molecular formula is C29H33ClN2O3. The third-order valence-corrected chi connectivity index (χ3v) is 6.14. The van der Waals surface area contributed by atoms with Crippen LogP contribution in [0.1, 0.15) is 37.0 Å². The molecule has 0 aliphatic rings. The first kappa shape index (κ1) is 26.3. The number of benzene rings is 3. The summed E-state index contributed by atoms with van der Waals surface area (Å²) in [7, 11) is 0. The molecule has 0 aliphatic carbocycles. The van der Waals surface area contributed by atoms with Gasteiger partial charge in [0.1, 0.15) is 11.8 Å². The first-order valence-electron chi connectivity index (χ1n) is 11.9. The van der Waals surface area contributed by atoms with Crippen LogP contribution < -0.4 is 10.1 Å². The Bertz CT molecular complexity index is 1100. The summed E-state index contributed by atoms with van der Waals surface area (Å²) in [6, 6.07) is 23.9. The zero-order chi connectivity index (χ0) is 25.2. The number of halogens is 1. The zero-order valence-electron chi connectivity index (χ0n) is 20.5. The quantitative estimate of drug-likeness (QED) is 0.380. The second-order valence-electron chi connectivity index (χ2n) is 8.78. The fourth-order valence-corrected chi connectivity index (χ4v) is 3.84. The monoisotopic (exact) mass is 492 g/mol. The van der Waals surface area contributed by atoms with Crippen molar-refractivity contribution in [3.63, 3.8) is 0 Å². The number of carbonyl (C=O) groups is 2. The molecule has 2 unspecified atom stereocenters. The van der Waals surface area contributed by atoms with E-state index in [-0.39, 0.29) is 31.0 Å². The number of nitrogens with zero attached hydrogens (tertiary/aromatic N) is 1. The van der Waals surface area contributed by atoms with E-state index in [9.17, 15) is 9.59 Å². The van der Waals surface area contributed by atoms with Gasteiger partial charge in [-0.15, -0.1) is 0 Å². The molecule has 3 aromatic carbocycles. The summed E-state index contributed by atoms with van der Waals surface area (Å²) in [6.45, 7) is 6.04. The highest BCUT2D eigenvalue weighted by molar-refractivity contribution is 6.30. The number of aryl methyl sites for hydroxylation is 1. The topological polar surface area (TPSA) is 58.6 Å². The average molecular weight is 493 g/mol. The third-order valence-electron chi connectivity index (χ3n) is 5.89. The highest BCUT2D eigenvalue weighted by atomic mass is 35.5. The van der Waals surface area contributed by atoms with Gasteiger partial charge in [0.25, 0.3) is 5.91 Å². The summed E-state index contributed by atoms with van der Waals surface area (Å²) >= 11 is 6.07. The molecule has 0 bridgehead atoms. The summed E-state index contributed by atoms with van der Waals surface area (Å²) < 4.78 is 5.82. The maximum atomic E-state index is 13.6. The van der Waals surface area contributed by atoms with Crippen molar-refractivity contribution < 1.29 is 14.3 Å². The molecule has 0 saturated carbocycles. The van der Waals surface area contributed by atoms with Crippen molar-refractivity contribution in [1.29, 1.82) is 0 Å². The third kappa shape index (κ3) is 8.15. The van der Waals surface area contributed by atoms with E-state index >= 15 is 0 Å². The predicted octanol–water partition coefficient (Wildman–Crippen LogP) is 5.58. The molecule has 0 spiro atoms. The average Bonchev–Trinajstić information content (AvgIpc) is 2.86. The van der Waals surface area contributed by atoms with Gasteiger partial charge < -0.3 is 15.0 Å². The molecule has 0 aliphatic heterocycles. The molecule has 0 saturated heterocycles. The summed E-state index contributed by atoms with van der Waals surface area (Å²) in [5.74, 6) is 0.177. The van der Waals surface area contributed by atoms with E-state index in [1.807, 2.05) is 87.5 Å². The molecule has 184 valence electrons. The maximum Gasteiger partial charge on any atom is 0.261 e. The van der Waals surface area contributed by atoms with Gasteiger partial charge in [-0.05, 0) is 61.2 Å². The Balaban J connectivity index is 1.90. The standard InChI is InChI=1S/C29H33ClN2O3/c1-4-22(3)31-29(34)27(18-23-10-6-5-7-11-23)32(19-24-13-15-25(30)16-14-24)28(33)20-35-26-12-8-9-21(2)17-26/h5-17,22,27H,4,18-20H2,1-3H3,(H,31,34). The van der Waals surface area contributed by atoms with Gasteiger partial charge >= 0.3 is 0 Å². The molecule has 3 rings (SSSR count). The Labute approximate surface area is 213 Å². The molecule has 0 aromatic heterocycles. The SMILES string of the molecule is CCC(C)NC(=O)C(Cc1ccccc1)N(Cc1ccc(Cl)cc1)C(=O)COc1cccc(C)c1. The zero-order valence-corrected chi connectivity index (χ0v) is 21.3. The van der Waals surface area contributed by atoms with Gasteiger partial charge in [-0.25, -0.2) is 0 Å². The van der Waals surface area contributed by atoms with Crippen LogP contribution in [-0.2, 0) is 22.6 Å². The molecule has 0 radical (unpaired) electrons. The van der Waals surface area contributed by atoms with E-state index in [0.29, 0.717) is 17.2 Å². The van der Waals surface area contributed by atoms with Gasteiger partial charge in [0.2, 0.25) is 5.91 Å². The molecule has 2 amide bonds. The maximum absolute atomic E-state index is 13.6. The van der Waals surface area contributed by atoms with Gasteiger partial charge in [0.05, 0.1) is 0 Å². The fourth-order valence-electron chi connectivity index (χ4n) is 3.71. The molecule has 2 atom stereocenters. The van der Waals surface area contributed by atoms with E-state index in [1.165, 1.54) is 0 Å². The Kier molecular flexibility index (Phi) is 9.74. The highest BCUT2D eigenvalue weighted by Crippen LogP contribution is 2.18.